The number of aliphatic hydroxyl groups excluding tert-OH is 1. The fraction of sp³-hybridized carbons (Fsp3) is 0.611. The number of benzene rings is 1. The van der Waals surface area contributed by atoms with Gasteiger partial charge in [0.1, 0.15) is 18.2 Å². The number of likely N-dealkylation sites (tertiary alicyclic amines) is 1. The average molecular weight is 708 g/mol. The van der Waals surface area contributed by atoms with Crippen molar-refractivity contribution in [1.82, 2.24) is 35.1 Å². The number of hydrogen-bond donors (Lipinski definition) is 3. The summed E-state index contributed by atoms with van der Waals surface area (Å²) in [4.78, 5) is 71.0. The van der Waals surface area contributed by atoms with Gasteiger partial charge in [-0.05, 0) is 82.8 Å². The minimum Gasteiger partial charge on any atom is -0.467 e. The minimum atomic E-state index is -0.886. The summed E-state index contributed by atoms with van der Waals surface area (Å²) in [6.07, 6.45) is 8.06. The van der Waals surface area contributed by atoms with Crippen molar-refractivity contribution >= 4 is 29.7 Å². The van der Waals surface area contributed by atoms with E-state index in [1.165, 1.54) is 10.7 Å². The Morgan fingerprint density at radius 2 is 1.61 bits per heavy atom. The summed E-state index contributed by atoms with van der Waals surface area (Å²) < 4.78 is 12.9. The summed E-state index contributed by atoms with van der Waals surface area (Å²) in [5, 5.41) is 19.8. The average Bonchev–Trinajstić information content (AvgIpc) is 3.78. The zero-order chi connectivity index (χ0) is 35.7. The van der Waals surface area contributed by atoms with Crippen molar-refractivity contribution < 1.29 is 38.6 Å². The highest BCUT2D eigenvalue weighted by atomic mass is 16.6. The molecule has 2 unspecified atom stereocenters. The summed E-state index contributed by atoms with van der Waals surface area (Å²) in [5.74, 6) is -1.19. The van der Waals surface area contributed by atoms with Gasteiger partial charge in [-0.2, -0.15) is 5.10 Å². The first-order valence-electron chi connectivity index (χ1n) is 18.3. The van der Waals surface area contributed by atoms with E-state index in [0.29, 0.717) is 64.1 Å². The topological polar surface area (TPSA) is 176 Å². The monoisotopic (exact) mass is 707 g/mol. The van der Waals surface area contributed by atoms with Crippen LogP contribution in [0.2, 0.25) is 0 Å². The number of ether oxygens (including phenoxy) is 2. The van der Waals surface area contributed by atoms with Crippen LogP contribution in [-0.4, -0.2) is 129 Å². The van der Waals surface area contributed by atoms with Crippen molar-refractivity contribution in [2.45, 2.75) is 94.9 Å². The van der Waals surface area contributed by atoms with Gasteiger partial charge in [0.05, 0.1) is 5.69 Å². The van der Waals surface area contributed by atoms with E-state index in [0.717, 1.165) is 44.9 Å². The van der Waals surface area contributed by atoms with Gasteiger partial charge in [-0.1, -0.05) is 18.2 Å². The molecule has 2 aliphatic heterocycles. The number of aromatic nitrogens is 2. The van der Waals surface area contributed by atoms with E-state index in [1.54, 1.807) is 26.8 Å². The van der Waals surface area contributed by atoms with Gasteiger partial charge in [-0.25, -0.2) is 9.48 Å². The van der Waals surface area contributed by atoms with Gasteiger partial charge >= 0.3 is 6.09 Å². The van der Waals surface area contributed by atoms with E-state index >= 15 is 0 Å². The number of carbonyl (C=O) groups excluding carboxylic acids is 5. The predicted octanol–water partition coefficient (Wildman–Crippen LogP) is 2.01. The van der Waals surface area contributed by atoms with Crippen molar-refractivity contribution in [2.75, 3.05) is 45.9 Å². The molecule has 0 bridgehead atoms. The second kappa shape index (κ2) is 17.0. The normalized spacial score (nSPS) is 19.9. The maximum Gasteiger partial charge on any atom is 0.410 e. The van der Waals surface area contributed by atoms with Crippen LogP contribution in [0.5, 0.6) is 5.88 Å². The highest BCUT2D eigenvalue weighted by Crippen LogP contribution is 2.25. The molecule has 4 fully saturated rings. The van der Waals surface area contributed by atoms with Crippen LogP contribution in [0.25, 0.3) is 5.69 Å². The van der Waals surface area contributed by atoms with E-state index in [4.69, 9.17) is 9.47 Å². The fourth-order valence-corrected chi connectivity index (χ4v) is 6.72. The first-order valence-corrected chi connectivity index (χ1v) is 18.3. The van der Waals surface area contributed by atoms with Crippen molar-refractivity contribution in [1.29, 1.82) is 0 Å². The number of piperazine rings is 1. The lowest BCUT2D eigenvalue weighted by Crippen LogP contribution is -2.56. The molecule has 15 nitrogen and oxygen atoms in total. The Hall–Kier alpha value is -4.66. The van der Waals surface area contributed by atoms with Crippen LogP contribution < -0.4 is 15.4 Å². The third-order valence-corrected chi connectivity index (χ3v) is 10.3. The van der Waals surface area contributed by atoms with Gasteiger partial charge < -0.3 is 39.9 Å². The molecule has 2 saturated carbocycles. The Morgan fingerprint density at radius 3 is 2.27 bits per heavy atom. The summed E-state index contributed by atoms with van der Waals surface area (Å²) in [6, 6.07) is 9.22. The molecule has 2 aromatic rings. The molecule has 51 heavy (non-hydrogen) atoms. The van der Waals surface area contributed by atoms with Gasteiger partial charge in [0.2, 0.25) is 17.7 Å². The Kier molecular flexibility index (Phi) is 12.1. The van der Waals surface area contributed by atoms with E-state index in [2.05, 4.69) is 15.7 Å². The third kappa shape index (κ3) is 8.99. The van der Waals surface area contributed by atoms with Crippen LogP contribution in [0.1, 0.15) is 81.1 Å². The molecule has 3 heterocycles. The van der Waals surface area contributed by atoms with Crippen molar-refractivity contribution in [3.8, 4) is 11.6 Å². The maximum absolute atomic E-state index is 13.7. The Balaban J connectivity index is 1.11. The lowest BCUT2D eigenvalue weighted by Gasteiger charge is -2.37. The molecule has 6 rings (SSSR count). The van der Waals surface area contributed by atoms with Crippen LogP contribution >= 0.6 is 0 Å². The highest BCUT2D eigenvalue weighted by Gasteiger charge is 2.36. The Morgan fingerprint density at radius 1 is 0.882 bits per heavy atom. The molecule has 276 valence electrons. The number of amides is 5. The molecule has 5 amide bonds. The van der Waals surface area contributed by atoms with Crippen molar-refractivity contribution in [3.05, 3.63) is 42.1 Å². The van der Waals surface area contributed by atoms with Crippen LogP contribution in [0.4, 0.5) is 4.79 Å². The minimum absolute atomic E-state index is 0.0104. The first-order chi connectivity index (χ1) is 24.8. The zero-order valence-corrected chi connectivity index (χ0v) is 29.0. The number of nitrogens with one attached hydrogen (secondary N) is 2. The van der Waals surface area contributed by atoms with E-state index in [-0.39, 0.29) is 60.7 Å². The second-order valence-corrected chi connectivity index (χ2v) is 13.8. The summed E-state index contributed by atoms with van der Waals surface area (Å²) >= 11 is 0. The number of para-hydroxylation sites is 1. The van der Waals surface area contributed by atoms with E-state index in [1.807, 2.05) is 18.2 Å². The zero-order valence-electron chi connectivity index (χ0n) is 29.0. The number of aliphatic hydroxyl groups is 1. The van der Waals surface area contributed by atoms with Crippen molar-refractivity contribution in [3.63, 3.8) is 0 Å². The van der Waals surface area contributed by atoms with E-state index in [9.17, 15) is 29.1 Å². The standard InChI is InChI=1S/C36H49N7O8/c44-22-5-4-15-28(35(48)40-18-20-41(21-19-40)36(49)51-27-13-7-14-27)38-33(46)29-23-32(43(39-29)26-11-2-1-3-12-26)50-24-31(45)42-17-8-16-30(42)34(47)37-25-9-6-10-25/h1-3,11-12,23,25,27-28,30,44H,4-10,13-22,24H2,(H,37,47)(H,38,46). The summed E-state index contributed by atoms with van der Waals surface area (Å²) in [5.41, 5.74) is 0.589. The molecule has 2 saturated heterocycles. The van der Waals surface area contributed by atoms with Crippen LogP contribution in [-0.2, 0) is 19.1 Å². The lowest BCUT2D eigenvalue weighted by molar-refractivity contribution is -0.140. The van der Waals surface area contributed by atoms with Crippen LogP contribution in [0.15, 0.2) is 36.4 Å². The quantitative estimate of drug-likeness (QED) is 0.248. The van der Waals surface area contributed by atoms with Gasteiger partial charge in [0.25, 0.3) is 11.8 Å². The number of hydrogen-bond acceptors (Lipinski definition) is 9. The molecule has 15 heteroatoms. The molecule has 1 aromatic carbocycles. The first kappa shape index (κ1) is 36.1. The fourth-order valence-electron chi connectivity index (χ4n) is 6.72. The van der Waals surface area contributed by atoms with Crippen molar-refractivity contribution in [2.24, 2.45) is 0 Å². The molecule has 2 atom stereocenters. The molecule has 1 aromatic heterocycles. The second-order valence-electron chi connectivity index (χ2n) is 13.8. The molecule has 3 N–H and O–H groups in total. The molecule has 4 aliphatic rings. The highest BCUT2D eigenvalue weighted by molar-refractivity contribution is 5.96. The summed E-state index contributed by atoms with van der Waals surface area (Å²) in [6.45, 7) is 1.34. The predicted molar refractivity (Wildman–Crippen MR) is 184 cm³/mol. The number of carbonyl (C=O) groups is 5. The lowest BCUT2D eigenvalue weighted by atomic mass is 9.93. The number of rotatable bonds is 14. The third-order valence-electron chi connectivity index (χ3n) is 10.3. The number of nitrogens with zero attached hydrogens (tertiary/aromatic N) is 5. The summed E-state index contributed by atoms with van der Waals surface area (Å²) in [7, 11) is 0. The molecule has 2 aliphatic carbocycles. The molecule has 0 spiro atoms. The van der Waals surface area contributed by atoms with Gasteiger partial charge in [-0.15, -0.1) is 0 Å². The van der Waals surface area contributed by atoms with Gasteiger partial charge in [-0.3, -0.25) is 19.2 Å². The Bertz CT molecular complexity index is 1530. The Labute approximate surface area is 297 Å². The maximum atomic E-state index is 13.7. The SMILES string of the molecule is O=C(NC(CCCCO)C(=O)N1CCN(C(=O)OC2CCC2)CC1)c1cc(OCC(=O)N2CCCC2C(=O)NC2CCC2)n(-c2ccccc2)n1. The molecular weight excluding hydrogens is 658 g/mol. The molecular formula is C36H49N7O8. The van der Waals surface area contributed by atoms with Gasteiger partial charge in [0.15, 0.2) is 12.3 Å². The van der Waals surface area contributed by atoms with Gasteiger partial charge in [0, 0.05) is 51.4 Å². The molecule has 0 radical (unpaired) electrons. The van der Waals surface area contributed by atoms with Crippen LogP contribution in [0.3, 0.4) is 0 Å². The van der Waals surface area contributed by atoms with Crippen LogP contribution in [0, 0.1) is 0 Å². The largest absolute Gasteiger partial charge is 0.467 e. The number of unbranched alkanes of at least 4 members (excludes halogenated alkanes) is 1. The van der Waals surface area contributed by atoms with E-state index < -0.39 is 18.0 Å². The smallest absolute Gasteiger partial charge is 0.410 e.